The second-order valence-electron chi connectivity index (χ2n) is 9.40. The number of carbonyl (C=O) groups excluding carboxylic acids is 2. The fraction of sp³-hybridized carbons (Fsp3) is 0.462. The third-order valence-corrected chi connectivity index (χ3v) is 5.47. The molecule has 1 unspecified atom stereocenters. The Kier molecular flexibility index (Phi) is 7.78. The van der Waals surface area contributed by atoms with Crippen LogP contribution in [0.3, 0.4) is 0 Å². The zero-order valence-corrected chi connectivity index (χ0v) is 19.3. The predicted octanol–water partition coefficient (Wildman–Crippen LogP) is 5.10. The van der Waals surface area contributed by atoms with Gasteiger partial charge >= 0.3 is 12.1 Å². The highest BCUT2D eigenvalue weighted by Crippen LogP contribution is 2.24. The molecular weight excluding hydrogens is 404 g/mol. The van der Waals surface area contributed by atoms with Gasteiger partial charge in [0.05, 0.1) is 0 Å². The Morgan fingerprint density at radius 1 is 1.00 bits per heavy atom. The Hall–Kier alpha value is -3.02. The molecule has 2 aromatic rings. The Labute approximate surface area is 190 Å². The van der Waals surface area contributed by atoms with Crippen molar-refractivity contribution >= 4 is 17.7 Å². The lowest BCUT2D eigenvalue weighted by atomic mass is 10.0. The Balaban J connectivity index is 1.92. The van der Waals surface area contributed by atoms with Crippen molar-refractivity contribution in [1.82, 2.24) is 4.90 Å². The van der Waals surface area contributed by atoms with Crippen molar-refractivity contribution in [3.05, 3.63) is 65.7 Å². The fourth-order valence-electron chi connectivity index (χ4n) is 3.85. The Morgan fingerprint density at radius 3 is 2.22 bits per heavy atom. The average molecular weight is 439 g/mol. The van der Waals surface area contributed by atoms with Gasteiger partial charge in [-0.25, -0.2) is 9.59 Å². The number of esters is 1. The topological polar surface area (TPSA) is 81.9 Å². The van der Waals surface area contributed by atoms with Crippen molar-refractivity contribution < 1.29 is 19.1 Å². The molecule has 1 aliphatic rings. The van der Waals surface area contributed by atoms with Gasteiger partial charge in [0.2, 0.25) is 0 Å². The van der Waals surface area contributed by atoms with Gasteiger partial charge in [0.25, 0.3) is 0 Å². The summed E-state index contributed by atoms with van der Waals surface area (Å²) in [5.41, 5.74) is 7.58. The highest BCUT2D eigenvalue weighted by atomic mass is 16.6. The summed E-state index contributed by atoms with van der Waals surface area (Å²) in [4.78, 5) is 28.1. The lowest BCUT2D eigenvalue weighted by molar-refractivity contribution is -0.155. The van der Waals surface area contributed by atoms with E-state index in [0.29, 0.717) is 12.1 Å². The van der Waals surface area contributed by atoms with Gasteiger partial charge in [-0.2, -0.15) is 0 Å². The van der Waals surface area contributed by atoms with Crippen molar-refractivity contribution in [3.8, 4) is 0 Å². The Bertz CT molecular complexity index is 884. The quantitative estimate of drug-likeness (QED) is 0.480. The molecule has 1 amide bonds. The molecule has 6 nitrogen and oxygen atoms in total. The maximum atomic E-state index is 13.4. The molecule has 6 heteroatoms. The SMILES string of the molecule is CC(C)(C)OC(=O)N(Cc1ccc(N)cc1)C(Cc1ccccc1)C(=O)OC1CCCC1. The first-order valence-electron chi connectivity index (χ1n) is 11.3. The first kappa shape index (κ1) is 23.6. The number of hydrogen-bond donors (Lipinski definition) is 1. The summed E-state index contributed by atoms with van der Waals surface area (Å²) in [6.45, 7) is 5.66. The number of anilines is 1. The molecule has 0 aliphatic heterocycles. The third kappa shape index (κ3) is 7.01. The largest absolute Gasteiger partial charge is 0.461 e. The molecule has 0 heterocycles. The predicted molar refractivity (Wildman–Crippen MR) is 125 cm³/mol. The monoisotopic (exact) mass is 438 g/mol. The molecule has 0 spiro atoms. The zero-order valence-electron chi connectivity index (χ0n) is 19.3. The molecule has 0 bridgehead atoms. The molecule has 3 rings (SSSR count). The number of amides is 1. The van der Waals surface area contributed by atoms with Crippen LogP contribution in [-0.4, -0.2) is 34.7 Å². The average Bonchev–Trinajstić information content (AvgIpc) is 3.24. The van der Waals surface area contributed by atoms with E-state index in [1.807, 2.05) is 63.2 Å². The minimum absolute atomic E-state index is 0.0854. The summed E-state index contributed by atoms with van der Waals surface area (Å²) in [5, 5.41) is 0. The van der Waals surface area contributed by atoms with E-state index in [1.54, 1.807) is 12.1 Å². The first-order chi connectivity index (χ1) is 15.2. The van der Waals surface area contributed by atoms with Gasteiger partial charge in [-0.1, -0.05) is 42.5 Å². The molecule has 32 heavy (non-hydrogen) atoms. The van der Waals surface area contributed by atoms with E-state index in [9.17, 15) is 9.59 Å². The van der Waals surface area contributed by atoms with E-state index in [1.165, 1.54) is 4.90 Å². The second kappa shape index (κ2) is 10.5. The van der Waals surface area contributed by atoms with E-state index >= 15 is 0 Å². The zero-order chi connectivity index (χ0) is 23.1. The van der Waals surface area contributed by atoms with Crippen molar-refractivity contribution in [2.24, 2.45) is 0 Å². The van der Waals surface area contributed by atoms with Crippen LogP contribution in [0.1, 0.15) is 57.6 Å². The van der Waals surface area contributed by atoms with Gasteiger partial charge in [0, 0.05) is 18.7 Å². The molecule has 1 aliphatic carbocycles. The number of nitrogens with two attached hydrogens (primary N) is 1. The second-order valence-corrected chi connectivity index (χ2v) is 9.40. The lowest BCUT2D eigenvalue weighted by Crippen LogP contribution is -2.49. The summed E-state index contributed by atoms with van der Waals surface area (Å²) in [6.07, 6.45) is 3.57. The van der Waals surface area contributed by atoms with Crippen LogP contribution in [0, 0.1) is 0 Å². The number of benzene rings is 2. The number of carbonyl (C=O) groups is 2. The maximum absolute atomic E-state index is 13.4. The van der Waals surface area contributed by atoms with Crippen molar-refractivity contribution in [3.63, 3.8) is 0 Å². The van der Waals surface area contributed by atoms with Crippen LogP contribution in [0.5, 0.6) is 0 Å². The van der Waals surface area contributed by atoms with Crippen molar-refractivity contribution in [1.29, 1.82) is 0 Å². The Morgan fingerprint density at radius 2 is 1.62 bits per heavy atom. The van der Waals surface area contributed by atoms with Crippen molar-refractivity contribution in [2.45, 2.75) is 77.2 Å². The van der Waals surface area contributed by atoms with Gasteiger partial charge in [-0.05, 0) is 69.7 Å². The third-order valence-electron chi connectivity index (χ3n) is 5.47. The van der Waals surface area contributed by atoms with Crippen molar-refractivity contribution in [2.75, 3.05) is 5.73 Å². The molecule has 1 saturated carbocycles. The summed E-state index contributed by atoms with van der Waals surface area (Å²) >= 11 is 0. The fourth-order valence-corrected chi connectivity index (χ4v) is 3.85. The van der Waals surface area contributed by atoms with E-state index in [4.69, 9.17) is 15.2 Å². The van der Waals surface area contributed by atoms with E-state index in [0.717, 1.165) is 36.8 Å². The van der Waals surface area contributed by atoms with Crippen LogP contribution >= 0.6 is 0 Å². The maximum Gasteiger partial charge on any atom is 0.411 e. The first-order valence-corrected chi connectivity index (χ1v) is 11.3. The molecule has 0 radical (unpaired) electrons. The molecule has 0 aromatic heterocycles. The summed E-state index contributed by atoms with van der Waals surface area (Å²) in [7, 11) is 0. The molecule has 2 aromatic carbocycles. The lowest BCUT2D eigenvalue weighted by Gasteiger charge is -2.33. The van der Waals surface area contributed by atoms with Gasteiger partial charge in [-0.3, -0.25) is 4.90 Å². The number of ether oxygens (including phenoxy) is 2. The smallest absolute Gasteiger partial charge is 0.411 e. The molecule has 172 valence electrons. The van der Waals surface area contributed by atoms with Gasteiger partial charge in [0.15, 0.2) is 0 Å². The normalized spacial score (nSPS) is 15.2. The highest BCUT2D eigenvalue weighted by Gasteiger charge is 2.36. The molecule has 1 atom stereocenters. The number of nitrogens with zero attached hydrogens (tertiary/aromatic N) is 1. The van der Waals surface area contributed by atoms with Gasteiger partial charge in [-0.15, -0.1) is 0 Å². The summed E-state index contributed by atoms with van der Waals surface area (Å²) in [5.74, 6) is -0.387. The molecule has 1 fully saturated rings. The van der Waals surface area contributed by atoms with Crippen LogP contribution in [0.4, 0.5) is 10.5 Å². The number of hydrogen-bond acceptors (Lipinski definition) is 5. The van der Waals surface area contributed by atoms with Crippen LogP contribution in [0.2, 0.25) is 0 Å². The van der Waals surface area contributed by atoms with E-state index in [-0.39, 0.29) is 18.6 Å². The van der Waals surface area contributed by atoms with E-state index < -0.39 is 17.7 Å². The summed E-state index contributed by atoms with van der Waals surface area (Å²) in [6, 6.07) is 16.2. The number of nitrogen functional groups attached to an aromatic ring is 1. The van der Waals surface area contributed by atoms with Gasteiger partial charge < -0.3 is 15.2 Å². The molecule has 0 saturated heterocycles. The molecular formula is C26H34N2O4. The van der Waals surface area contributed by atoms with Gasteiger partial charge in [0.1, 0.15) is 17.7 Å². The van der Waals surface area contributed by atoms with Crippen LogP contribution < -0.4 is 5.73 Å². The minimum atomic E-state index is -0.801. The minimum Gasteiger partial charge on any atom is -0.461 e. The molecule has 2 N–H and O–H groups in total. The standard InChI is InChI=1S/C26H34N2O4/c1-26(2,3)32-25(30)28(18-20-13-15-21(27)16-14-20)23(17-19-9-5-4-6-10-19)24(29)31-22-11-7-8-12-22/h4-6,9-10,13-16,22-23H,7-8,11-12,17-18,27H2,1-3H3. The number of rotatable bonds is 7. The highest BCUT2D eigenvalue weighted by molar-refractivity contribution is 5.82. The van der Waals surface area contributed by atoms with E-state index in [2.05, 4.69) is 0 Å². The van der Waals surface area contributed by atoms with Crippen LogP contribution in [-0.2, 0) is 27.2 Å². The van der Waals surface area contributed by atoms with Crippen LogP contribution in [0.25, 0.3) is 0 Å². The summed E-state index contributed by atoms with van der Waals surface area (Å²) < 4.78 is 11.5. The van der Waals surface area contributed by atoms with Crippen LogP contribution in [0.15, 0.2) is 54.6 Å².